The summed E-state index contributed by atoms with van der Waals surface area (Å²) >= 11 is 0. The molecule has 6 nitrogen and oxygen atoms in total. The first-order valence-corrected chi connectivity index (χ1v) is 5.62. The van der Waals surface area contributed by atoms with Gasteiger partial charge in [-0.05, 0) is 12.5 Å². The van der Waals surface area contributed by atoms with Gasteiger partial charge in [-0.15, -0.1) is 6.42 Å². The summed E-state index contributed by atoms with van der Waals surface area (Å²) in [5.74, 6) is 2.61. The number of rotatable bonds is 2. The number of aliphatic hydroxyl groups is 1. The van der Waals surface area contributed by atoms with Crippen LogP contribution in [0.3, 0.4) is 0 Å². The van der Waals surface area contributed by atoms with E-state index in [9.17, 15) is 9.90 Å². The van der Waals surface area contributed by atoms with Gasteiger partial charge in [-0.25, -0.2) is 4.79 Å². The van der Waals surface area contributed by atoms with Gasteiger partial charge in [-0.3, -0.25) is 4.57 Å². The van der Waals surface area contributed by atoms with Gasteiger partial charge in [0.2, 0.25) is 0 Å². The highest BCUT2D eigenvalue weighted by molar-refractivity contribution is 5.23. The minimum atomic E-state index is -1.02. The Labute approximate surface area is 104 Å². The monoisotopic (exact) mass is 249 g/mol. The van der Waals surface area contributed by atoms with Gasteiger partial charge < -0.3 is 15.6 Å². The third-order valence-electron chi connectivity index (χ3n) is 3.13. The number of anilines is 1. The molecule has 2 heterocycles. The summed E-state index contributed by atoms with van der Waals surface area (Å²) in [6, 6.07) is 1.52. The van der Waals surface area contributed by atoms with E-state index in [1.165, 1.54) is 16.8 Å². The van der Waals surface area contributed by atoms with Gasteiger partial charge in [0, 0.05) is 12.1 Å². The van der Waals surface area contributed by atoms with Crippen LogP contribution in [0.4, 0.5) is 5.82 Å². The second-order valence-electron chi connectivity index (χ2n) is 4.53. The standard InChI is InChI=1S/C12H15N3O3/c1-3-12(7-16)6-8(2)10(18-12)15-5-4-9(13)14-11(15)17/h1,4-5,8,10,16H,6-7H2,2H3,(H2,13,14,17). The Kier molecular flexibility index (Phi) is 3.11. The Morgan fingerprint density at radius 3 is 3.06 bits per heavy atom. The first-order chi connectivity index (χ1) is 8.51. The predicted octanol–water partition coefficient (Wildman–Crippen LogP) is -0.255. The number of nitrogens with zero attached hydrogens (tertiary/aromatic N) is 2. The Morgan fingerprint density at radius 1 is 1.83 bits per heavy atom. The smallest absolute Gasteiger partial charge is 0.351 e. The maximum absolute atomic E-state index is 11.7. The van der Waals surface area contributed by atoms with Crippen molar-refractivity contribution < 1.29 is 9.84 Å². The van der Waals surface area contributed by atoms with Crippen LogP contribution in [0.2, 0.25) is 0 Å². The lowest BCUT2D eigenvalue weighted by Gasteiger charge is -2.21. The molecule has 0 bridgehead atoms. The molecule has 2 rings (SSSR count). The molecule has 3 N–H and O–H groups in total. The normalized spacial score (nSPS) is 31.2. The van der Waals surface area contributed by atoms with Crippen LogP contribution < -0.4 is 11.4 Å². The van der Waals surface area contributed by atoms with Crippen LogP contribution in [-0.2, 0) is 4.74 Å². The van der Waals surface area contributed by atoms with Crippen molar-refractivity contribution in [2.75, 3.05) is 12.3 Å². The molecule has 0 spiro atoms. The van der Waals surface area contributed by atoms with Crippen LogP contribution in [0.5, 0.6) is 0 Å². The summed E-state index contributed by atoms with van der Waals surface area (Å²) in [5, 5.41) is 9.32. The lowest BCUT2D eigenvalue weighted by molar-refractivity contribution is -0.0708. The lowest BCUT2D eigenvalue weighted by atomic mass is 9.96. The van der Waals surface area contributed by atoms with Crippen molar-refractivity contribution in [2.45, 2.75) is 25.2 Å². The van der Waals surface area contributed by atoms with Crippen molar-refractivity contribution >= 4 is 5.82 Å². The average molecular weight is 249 g/mol. The number of hydrogen-bond donors (Lipinski definition) is 2. The molecule has 0 radical (unpaired) electrons. The Morgan fingerprint density at radius 2 is 2.56 bits per heavy atom. The highest BCUT2D eigenvalue weighted by Crippen LogP contribution is 2.39. The number of terminal acetylenes is 1. The van der Waals surface area contributed by atoms with E-state index in [-0.39, 0.29) is 18.3 Å². The predicted molar refractivity (Wildman–Crippen MR) is 65.5 cm³/mol. The van der Waals surface area contributed by atoms with Gasteiger partial charge in [-0.1, -0.05) is 12.8 Å². The highest BCUT2D eigenvalue weighted by atomic mass is 16.5. The molecule has 3 atom stereocenters. The number of nitrogens with two attached hydrogens (primary N) is 1. The molecular weight excluding hydrogens is 234 g/mol. The minimum Gasteiger partial charge on any atom is -0.392 e. The second-order valence-corrected chi connectivity index (χ2v) is 4.53. The first kappa shape index (κ1) is 12.6. The van der Waals surface area contributed by atoms with Gasteiger partial charge in [-0.2, -0.15) is 4.98 Å². The van der Waals surface area contributed by atoms with Gasteiger partial charge in [0.1, 0.15) is 12.0 Å². The molecule has 1 aliphatic rings. The number of nitrogen functional groups attached to an aromatic ring is 1. The van der Waals surface area contributed by atoms with E-state index >= 15 is 0 Å². The summed E-state index contributed by atoms with van der Waals surface area (Å²) in [6.45, 7) is 1.63. The largest absolute Gasteiger partial charge is 0.392 e. The van der Waals surface area contributed by atoms with Crippen molar-refractivity contribution in [3.05, 3.63) is 22.7 Å². The van der Waals surface area contributed by atoms with Crippen LogP contribution >= 0.6 is 0 Å². The second kappa shape index (κ2) is 4.44. The van der Waals surface area contributed by atoms with Gasteiger partial charge in [0.15, 0.2) is 5.60 Å². The van der Waals surface area contributed by atoms with Crippen molar-refractivity contribution in [3.63, 3.8) is 0 Å². The van der Waals surface area contributed by atoms with Crippen molar-refractivity contribution in [1.29, 1.82) is 0 Å². The fraction of sp³-hybridized carbons (Fsp3) is 0.500. The van der Waals surface area contributed by atoms with Crippen molar-refractivity contribution in [3.8, 4) is 12.3 Å². The number of hydrogen-bond acceptors (Lipinski definition) is 5. The third kappa shape index (κ3) is 1.98. The number of aliphatic hydroxyl groups excluding tert-OH is 1. The first-order valence-electron chi connectivity index (χ1n) is 5.62. The quantitative estimate of drug-likeness (QED) is 0.705. The van der Waals surface area contributed by atoms with Crippen LogP contribution in [0, 0.1) is 18.3 Å². The number of ether oxygens (including phenoxy) is 1. The number of aromatic nitrogens is 2. The van der Waals surface area contributed by atoms with E-state index in [1.807, 2.05) is 6.92 Å². The van der Waals surface area contributed by atoms with E-state index in [0.717, 1.165) is 0 Å². The van der Waals surface area contributed by atoms with Gasteiger partial charge in [0.25, 0.3) is 0 Å². The lowest BCUT2D eigenvalue weighted by Crippen LogP contribution is -2.33. The molecule has 0 amide bonds. The SMILES string of the molecule is C#CC1(CO)CC(C)C(n2ccc(N)nc2=O)O1. The molecule has 96 valence electrons. The molecule has 1 aromatic heterocycles. The Hall–Kier alpha value is -1.84. The fourth-order valence-electron chi connectivity index (χ4n) is 2.21. The zero-order valence-electron chi connectivity index (χ0n) is 10.0. The summed E-state index contributed by atoms with van der Waals surface area (Å²) in [4.78, 5) is 15.4. The van der Waals surface area contributed by atoms with E-state index < -0.39 is 17.5 Å². The Bertz CT molecular complexity index is 548. The molecule has 1 fully saturated rings. The maximum atomic E-state index is 11.7. The summed E-state index contributed by atoms with van der Waals surface area (Å²) in [7, 11) is 0. The van der Waals surface area contributed by atoms with Crippen molar-refractivity contribution in [1.82, 2.24) is 9.55 Å². The van der Waals surface area contributed by atoms with E-state index in [0.29, 0.717) is 6.42 Å². The molecule has 1 aliphatic heterocycles. The van der Waals surface area contributed by atoms with E-state index in [2.05, 4.69) is 10.9 Å². The molecule has 18 heavy (non-hydrogen) atoms. The zero-order valence-corrected chi connectivity index (χ0v) is 10.0. The van der Waals surface area contributed by atoms with Crippen LogP contribution in [-0.4, -0.2) is 26.9 Å². The summed E-state index contributed by atoms with van der Waals surface area (Å²) in [6.07, 6.45) is 6.86. The van der Waals surface area contributed by atoms with Gasteiger partial charge in [0.05, 0.1) is 6.61 Å². The molecule has 1 aromatic rings. The minimum absolute atomic E-state index is 0.00340. The Balaban J connectivity index is 2.36. The van der Waals surface area contributed by atoms with Crippen LogP contribution in [0.1, 0.15) is 19.6 Å². The van der Waals surface area contributed by atoms with Crippen LogP contribution in [0.15, 0.2) is 17.1 Å². The zero-order chi connectivity index (χ0) is 13.3. The third-order valence-corrected chi connectivity index (χ3v) is 3.13. The molecular formula is C12H15N3O3. The fourth-order valence-corrected chi connectivity index (χ4v) is 2.21. The molecule has 3 unspecified atom stereocenters. The molecule has 0 aliphatic carbocycles. The molecule has 0 aromatic carbocycles. The average Bonchev–Trinajstić information content (AvgIpc) is 2.67. The van der Waals surface area contributed by atoms with Crippen molar-refractivity contribution in [2.24, 2.45) is 5.92 Å². The van der Waals surface area contributed by atoms with Crippen LogP contribution in [0.25, 0.3) is 0 Å². The van der Waals surface area contributed by atoms with Gasteiger partial charge >= 0.3 is 5.69 Å². The van der Waals surface area contributed by atoms with E-state index in [4.69, 9.17) is 16.9 Å². The maximum Gasteiger partial charge on any atom is 0.351 e. The molecule has 6 heteroatoms. The topological polar surface area (TPSA) is 90.4 Å². The highest BCUT2D eigenvalue weighted by Gasteiger charge is 2.44. The summed E-state index contributed by atoms with van der Waals surface area (Å²) in [5.41, 5.74) is 3.92. The van der Waals surface area contributed by atoms with E-state index in [1.54, 1.807) is 0 Å². The summed E-state index contributed by atoms with van der Waals surface area (Å²) < 4.78 is 7.01. The molecule has 1 saturated heterocycles. The molecule has 0 saturated carbocycles.